The van der Waals surface area contributed by atoms with E-state index in [1.165, 1.54) is 28.5 Å². The third kappa shape index (κ3) is 4.07. The van der Waals surface area contributed by atoms with Crippen LogP contribution in [0.2, 0.25) is 5.15 Å². The van der Waals surface area contributed by atoms with Gasteiger partial charge in [-0.25, -0.2) is 14.8 Å². The molecule has 2 aromatic carbocycles. The molecule has 0 atom stereocenters. The predicted molar refractivity (Wildman–Crippen MR) is 114 cm³/mol. The Balaban J connectivity index is 1.34. The summed E-state index contributed by atoms with van der Waals surface area (Å²) in [5.41, 5.74) is 11.0. The van der Waals surface area contributed by atoms with Gasteiger partial charge < -0.3 is 15.8 Å². The molecule has 6 nitrogen and oxygen atoms in total. The number of aromatic nitrogens is 2. The van der Waals surface area contributed by atoms with Crippen LogP contribution in [-0.2, 0) is 4.74 Å². The van der Waals surface area contributed by atoms with Gasteiger partial charge in [-0.3, -0.25) is 0 Å². The lowest BCUT2D eigenvalue weighted by Gasteiger charge is -2.14. The molecular weight excluding hydrogens is 388 g/mol. The van der Waals surface area contributed by atoms with Crippen molar-refractivity contribution in [1.82, 2.24) is 15.3 Å². The molecule has 0 radical (unpaired) electrons. The van der Waals surface area contributed by atoms with Gasteiger partial charge in [0.1, 0.15) is 17.5 Å². The zero-order chi connectivity index (χ0) is 20.2. The fourth-order valence-corrected chi connectivity index (χ4v) is 3.62. The predicted octanol–water partition coefficient (Wildman–Crippen LogP) is 4.26. The first kappa shape index (κ1) is 19.0. The normalized spacial score (nSPS) is 12.6. The van der Waals surface area contributed by atoms with E-state index in [0.717, 1.165) is 0 Å². The maximum atomic E-state index is 12.1. The highest BCUT2D eigenvalue weighted by molar-refractivity contribution is 6.29. The van der Waals surface area contributed by atoms with Crippen molar-refractivity contribution in [2.75, 3.05) is 18.9 Å². The highest BCUT2D eigenvalue weighted by Crippen LogP contribution is 2.44. The van der Waals surface area contributed by atoms with Gasteiger partial charge in [0.15, 0.2) is 5.82 Å². The molecule has 3 aromatic rings. The standard InChI is InChI=1S/C22H19ClN4O2/c23-20-12-26-19(21(24)27-20)10-5-11-25-22(28)29-13-18-16-8-3-1-6-14(16)15-7-2-4-9-17(15)18/h1-10,12,18H,11,13H2,(H2,24,27)(H,25,28). The smallest absolute Gasteiger partial charge is 0.407 e. The number of amides is 1. The second kappa shape index (κ2) is 8.32. The number of fused-ring (bicyclic) bond motifs is 3. The summed E-state index contributed by atoms with van der Waals surface area (Å²) in [5, 5.41) is 2.93. The molecule has 0 fully saturated rings. The van der Waals surface area contributed by atoms with E-state index >= 15 is 0 Å². The van der Waals surface area contributed by atoms with Crippen LogP contribution in [0.1, 0.15) is 22.7 Å². The molecule has 0 saturated carbocycles. The second-order valence-electron chi connectivity index (χ2n) is 6.57. The molecular formula is C22H19ClN4O2. The number of hydrogen-bond donors (Lipinski definition) is 2. The molecule has 1 aliphatic carbocycles. The quantitative estimate of drug-likeness (QED) is 0.660. The van der Waals surface area contributed by atoms with Gasteiger partial charge in [0.05, 0.1) is 6.20 Å². The van der Waals surface area contributed by atoms with Crippen molar-refractivity contribution in [3.63, 3.8) is 0 Å². The van der Waals surface area contributed by atoms with Crippen molar-refractivity contribution < 1.29 is 9.53 Å². The van der Waals surface area contributed by atoms with Crippen LogP contribution in [0.4, 0.5) is 10.6 Å². The molecule has 1 aliphatic rings. The number of anilines is 1. The lowest BCUT2D eigenvalue weighted by atomic mass is 9.98. The Labute approximate surface area is 173 Å². The minimum absolute atomic E-state index is 0.0350. The number of nitrogen functional groups attached to an aromatic ring is 1. The summed E-state index contributed by atoms with van der Waals surface area (Å²) in [6.07, 6.45) is 4.32. The van der Waals surface area contributed by atoms with E-state index in [2.05, 4.69) is 39.6 Å². The molecule has 7 heteroatoms. The van der Waals surface area contributed by atoms with Crippen molar-refractivity contribution in [3.8, 4) is 11.1 Å². The zero-order valence-electron chi connectivity index (χ0n) is 15.5. The highest BCUT2D eigenvalue weighted by atomic mass is 35.5. The summed E-state index contributed by atoms with van der Waals surface area (Å²) in [6.45, 7) is 0.555. The first-order valence-electron chi connectivity index (χ1n) is 9.17. The largest absolute Gasteiger partial charge is 0.449 e. The Hall–Kier alpha value is -3.38. The van der Waals surface area contributed by atoms with Crippen molar-refractivity contribution in [2.45, 2.75) is 5.92 Å². The topological polar surface area (TPSA) is 90.1 Å². The summed E-state index contributed by atoms with van der Waals surface area (Å²) >= 11 is 5.72. The number of halogens is 1. The fourth-order valence-electron chi connectivity index (χ4n) is 3.48. The van der Waals surface area contributed by atoms with Crippen molar-refractivity contribution in [1.29, 1.82) is 0 Å². The van der Waals surface area contributed by atoms with E-state index in [-0.39, 0.29) is 30.0 Å². The third-order valence-electron chi connectivity index (χ3n) is 4.78. The third-order valence-corrected chi connectivity index (χ3v) is 4.97. The lowest BCUT2D eigenvalue weighted by molar-refractivity contribution is 0.144. The van der Waals surface area contributed by atoms with Gasteiger partial charge in [-0.2, -0.15) is 0 Å². The number of nitrogens with zero attached hydrogens (tertiary/aromatic N) is 2. The zero-order valence-corrected chi connectivity index (χ0v) is 16.3. The molecule has 1 amide bonds. The Kier molecular flexibility index (Phi) is 5.44. The van der Waals surface area contributed by atoms with Crippen LogP contribution in [-0.4, -0.2) is 29.2 Å². The molecule has 3 N–H and O–H groups in total. The van der Waals surface area contributed by atoms with E-state index in [1.54, 1.807) is 12.2 Å². The summed E-state index contributed by atoms with van der Waals surface area (Å²) in [7, 11) is 0. The van der Waals surface area contributed by atoms with Crippen LogP contribution in [0.25, 0.3) is 17.2 Å². The van der Waals surface area contributed by atoms with E-state index < -0.39 is 6.09 Å². The van der Waals surface area contributed by atoms with Crippen molar-refractivity contribution in [2.24, 2.45) is 0 Å². The Morgan fingerprint density at radius 1 is 1.14 bits per heavy atom. The van der Waals surface area contributed by atoms with Gasteiger partial charge in [-0.05, 0) is 28.3 Å². The average Bonchev–Trinajstić information content (AvgIpc) is 3.05. The van der Waals surface area contributed by atoms with Crippen LogP contribution in [0.5, 0.6) is 0 Å². The molecule has 0 aliphatic heterocycles. The van der Waals surface area contributed by atoms with Crippen LogP contribution in [0.15, 0.2) is 60.8 Å². The van der Waals surface area contributed by atoms with Gasteiger partial charge in [0.2, 0.25) is 0 Å². The number of benzene rings is 2. The SMILES string of the molecule is Nc1nc(Cl)cnc1C=CCNC(=O)OCC1c2ccccc2-c2ccccc21. The van der Waals surface area contributed by atoms with Crippen LogP contribution in [0, 0.1) is 0 Å². The molecule has 146 valence electrons. The molecule has 1 heterocycles. The molecule has 0 bridgehead atoms. The number of nitrogens with one attached hydrogen (secondary N) is 1. The molecule has 0 unspecified atom stereocenters. The number of hydrogen-bond acceptors (Lipinski definition) is 5. The average molecular weight is 407 g/mol. The minimum atomic E-state index is -0.480. The first-order chi connectivity index (χ1) is 14.1. The maximum absolute atomic E-state index is 12.1. The Morgan fingerprint density at radius 2 is 1.79 bits per heavy atom. The Bertz CT molecular complexity index is 1040. The number of carbonyl (C=O) groups excluding carboxylic acids is 1. The van der Waals surface area contributed by atoms with Gasteiger partial charge in [-0.1, -0.05) is 66.2 Å². The van der Waals surface area contributed by atoms with E-state index in [4.69, 9.17) is 22.1 Å². The minimum Gasteiger partial charge on any atom is -0.449 e. The summed E-state index contributed by atoms with van der Waals surface area (Å²) in [5.74, 6) is 0.266. The summed E-state index contributed by atoms with van der Waals surface area (Å²) in [4.78, 5) is 20.1. The van der Waals surface area contributed by atoms with E-state index in [0.29, 0.717) is 5.69 Å². The van der Waals surface area contributed by atoms with E-state index in [9.17, 15) is 4.79 Å². The van der Waals surface area contributed by atoms with Crippen LogP contribution in [0.3, 0.4) is 0 Å². The van der Waals surface area contributed by atoms with Gasteiger partial charge in [-0.15, -0.1) is 0 Å². The second-order valence-corrected chi connectivity index (χ2v) is 6.96. The number of rotatable bonds is 5. The molecule has 4 rings (SSSR count). The van der Waals surface area contributed by atoms with Gasteiger partial charge in [0, 0.05) is 12.5 Å². The summed E-state index contributed by atoms with van der Waals surface area (Å²) < 4.78 is 5.48. The first-order valence-corrected chi connectivity index (χ1v) is 9.54. The monoisotopic (exact) mass is 406 g/mol. The summed E-state index contributed by atoms with van der Waals surface area (Å²) in [6, 6.07) is 16.4. The highest BCUT2D eigenvalue weighted by Gasteiger charge is 2.28. The fraction of sp³-hybridized carbons (Fsp3) is 0.136. The van der Waals surface area contributed by atoms with Crippen molar-refractivity contribution in [3.05, 3.63) is 82.8 Å². The molecule has 0 saturated heterocycles. The number of carbonyl (C=O) groups is 1. The molecule has 1 aromatic heterocycles. The maximum Gasteiger partial charge on any atom is 0.407 e. The van der Waals surface area contributed by atoms with Gasteiger partial charge in [0.25, 0.3) is 0 Å². The number of ether oxygens (including phenoxy) is 1. The van der Waals surface area contributed by atoms with Crippen LogP contribution < -0.4 is 11.1 Å². The van der Waals surface area contributed by atoms with Crippen LogP contribution >= 0.6 is 11.6 Å². The number of alkyl carbamates (subject to hydrolysis) is 1. The van der Waals surface area contributed by atoms with Crippen molar-refractivity contribution >= 4 is 29.6 Å². The van der Waals surface area contributed by atoms with Gasteiger partial charge >= 0.3 is 6.09 Å². The molecule has 0 spiro atoms. The lowest BCUT2D eigenvalue weighted by Crippen LogP contribution is -2.26. The molecule has 29 heavy (non-hydrogen) atoms. The van der Waals surface area contributed by atoms with E-state index in [1.807, 2.05) is 24.3 Å². The number of nitrogens with two attached hydrogens (primary N) is 1. The Morgan fingerprint density at radius 3 is 2.45 bits per heavy atom.